The molecule has 3 unspecified atom stereocenters. The predicted molar refractivity (Wildman–Crippen MR) is 179 cm³/mol. The first-order valence-electron chi connectivity index (χ1n) is 15.8. The maximum Gasteiger partial charge on any atom is 0.248 e. The summed E-state index contributed by atoms with van der Waals surface area (Å²) in [7, 11) is 5.43. The minimum atomic E-state index is -0.553. The summed E-state index contributed by atoms with van der Waals surface area (Å²) < 4.78 is 9.75. The molecule has 3 aromatic rings. The summed E-state index contributed by atoms with van der Waals surface area (Å²) in [4.78, 5) is 28.8. The first-order valence-corrected chi connectivity index (χ1v) is 16.2. The van der Waals surface area contributed by atoms with Gasteiger partial charge in [0.2, 0.25) is 11.8 Å². The number of primary amides is 1. The van der Waals surface area contributed by atoms with Gasteiger partial charge in [0, 0.05) is 52.8 Å². The highest BCUT2D eigenvalue weighted by Crippen LogP contribution is 2.66. The highest BCUT2D eigenvalue weighted by atomic mass is 32.1. The van der Waals surface area contributed by atoms with Crippen molar-refractivity contribution in [3.8, 4) is 17.0 Å². The lowest BCUT2D eigenvalue weighted by atomic mass is 9.81. The number of nitrogens with one attached hydrogen (secondary N) is 1. The predicted octanol–water partition coefficient (Wildman–Crippen LogP) is 5.68. The summed E-state index contributed by atoms with van der Waals surface area (Å²) in [6, 6.07) is 12.4. The number of ether oxygens (including phenoxy) is 1. The highest BCUT2D eigenvalue weighted by Gasteiger charge is 2.64. The van der Waals surface area contributed by atoms with Crippen LogP contribution >= 0.6 is 12.8 Å². The normalized spacial score (nSPS) is 24.3. The highest BCUT2D eigenvalue weighted by molar-refractivity contribution is 7.77. The van der Waals surface area contributed by atoms with Crippen molar-refractivity contribution in [3.05, 3.63) is 65.4 Å². The Morgan fingerprint density at radius 3 is 2.52 bits per heavy atom. The van der Waals surface area contributed by atoms with Crippen LogP contribution in [-0.4, -0.2) is 65.9 Å². The van der Waals surface area contributed by atoms with Crippen LogP contribution in [0.3, 0.4) is 0 Å². The molecule has 234 valence electrons. The van der Waals surface area contributed by atoms with Crippen LogP contribution in [0.5, 0.6) is 5.75 Å². The van der Waals surface area contributed by atoms with Gasteiger partial charge < -0.3 is 25.3 Å². The summed E-state index contributed by atoms with van der Waals surface area (Å²) in [6.45, 7) is 8.01. The average molecular weight is 616 g/mol. The molecule has 2 aromatic carbocycles. The number of amides is 2. The summed E-state index contributed by atoms with van der Waals surface area (Å²) in [5.74, 6) is 1.13. The van der Waals surface area contributed by atoms with Crippen molar-refractivity contribution in [1.82, 2.24) is 19.1 Å². The molecule has 0 radical (unpaired) electrons. The van der Waals surface area contributed by atoms with Crippen LogP contribution in [-0.2, 0) is 11.3 Å². The van der Waals surface area contributed by atoms with Crippen molar-refractivity contribution in [2.24, 2.45) is 11.1 Å². The van der Waals surface area contributed by atoms with Crippen LogP contribution in [0.25, 0.3) is 22.2 Å². The van der Waals surface area contributed by atoms with E-state index in [1.807, 2.05) is 37.2 Å². The van der Waals surface area contributed by atoms with Gasteiger partial charge in [0.25, 0.3) is 0 Å². The van der Waals surface area contributed by atoms with Crippen molar-refractivity contribution in [2.45, 2.75) is 69.9 Å². The number of rotatable bonds is 4. The third-order valence-corrected chi connectivity index (χ3v) is 9.85. The van der Waals surface area contributed by atoms with Gasteiger partial charge in [-0.3, -0.25) is 13.9 Å². The van der Waals surface area contributed by atoms with Crippen LogP contribution in [0.2, 0.25) is 0 Å². The fourth-order valence-corrected chi connectivity index (χ4v) is 7.97. The number of methoxy groups -OCH3 is 1. The zero-order valence-electron chi connectivity index (χ0n) is 26.4. The van der Waals surface area contributed by atoms with Gasteiger partial charge in [0.1, 0.15) is 5.75 Å². The second kappa shape index (κ2) is 11.8. The molecular weight excluding hydrogens is 570 g/mol. The number of nitrogens with zero attached hydrogens (tertiary/aromatic N) is 3. The molecule has 3 fully saturated rings. The molecule has 2 aliphatic heterocycles. The van der Waals surface area contributed by atoms with Crippen molar-refractivity contribution in [2.75, 3.05) is 34.3 Å². The quantitative estimate of drug-likeness (QED) is 0.329. The third kappa shape index (κ3) is 5.38. The number of fused-ring (bicyclic) bond motifs is 7. The van der Waals surface area contributed by atoms with Gasteiger partial charge in [-0.05, 0) is 87.7 Å². The van der Waals surface area contributed by atoms with Crippen LogP contribution < -0.4 is 15.8 Å². The number of nitrogens with two attached hydrogens (primary N) is 1. The minimum Gasteiger partial charge on any atom is -0.497 e. The Balaban J connectivity index is 0.000000810. The van der Waals surface area contributed by atoms with E-state index in [9.17, 15) is 9.59 Å². The molecule has 3 atom stereocenters. The van der Waals surface area contributed by atoms with Crippen molar-refractivity contribution in [3.63, 3.8) is 0 Å². The monoisotopic (exact) mass is 615 g/mol. The number of aromatic nitrogens is 1. The zero-order chi connectivity index (χ0) is 31.3. The van der Waals surface area contributed by atoms with Crippen LogP contribution in [0, 0.1) is 5.41 Å². The van der Waals surface area contributed by atoms with Gasteiger partial charge in [-0.15, -0.1) is 0 Å². The standard InChI is InChI=1S/C33H38N4O3.C2H7NS/c1-19-16-36(17-20(2)35-19)32(39)33-15-27(33)26-14-23(40-3)10-12-24(26)30-29(21-7-5-4-6-8-21)25-11-9-22(31(34)38)13-28(25)37(30)18-33;1-3(2)4/h9-14,20-21,27,35H,1,4-8,15-18H2,2-3H3,(H2,34,38);4H,1-2H3. The van der Waals surface area contributed by atoms with Crippen molar-refractivity contribution < 1.29 is 14.3 Å². The van der Waals surface area contributed by atoms with E-state index in [1.54, 1.807) is 11.4 Å². The second-order valence-corrected chi connectivity index (χ2v) is 14.1. The molecule has 7 rings (SSSR count). The number of piperazine rings is 1. The fourth-order valence-electron chi connectivity index (χ4n) is 7.97. The van der Waals surface area contributed by atoms with Gasteiger partial charge >= 0.3 is 0 Å². The van der Waals surface area contributed by atoms with E-state index in [2.05, 4.69) is 54.4 Å². The molecule has 2 amide bonds. The second-order valence-electron chi connectivity index (χ2n) is 13.3. The molecule has 3 heterocycles. The molecule has 44 heavy (non-hydrogen) atoms. The van der Waals surface area contributed by atoms with E-state index in [0.717, 1.165) is 36.2 Å². The van der Waals surface area contributed by atoms with Gasteiger partial charge in [-0.2, -0.15) is 0 Å². The molecule has 3 N–H and O–H groups in total. The lowest BCUT2D eigenvalue weighted by Gasteiger charge is -2.36. The van der Waals surface area contributed by atoms with Crippen LogP contribution in [0.1, 0.15) is 78.8 Å². The van der Waals surface area contributed by atoms with Crippen LogP contribution in [0.15, 0.2) is 48.7 Å². The average Bonchev–Trinajstić information content (AvgIpc) is 3.66. The smallest absolute Gasteiger partial charge is 0.248 e. The van der Waals surface area contributed by atoms with E-state index >= 15 is 0 Å². The van der Waals surface area contributed by atoms with E-state index in [0.29, 0.717) is 31.1 Å². The lowest BCUT2D eigenvalue weighted by molar-refractivity contribution is -0.138. The maximum atomic E-state index is 14.5. The molecule has 1 aromatic heterocycles. The number of carbonyl (C=O) groups excluding carboxylic acids is 2. The maximum absolute atomic E-state index is 14.5. The molecule has 9 heteroatoms. The molecule has 2 saturated carbocycles. The van der Waals surface area contributed by atoms with E-state index in [4.69, 9.17) is 10.5 Å². The third-order valence-electron chi connectivity index (χ3n) is 9.85. The molecule has 2 aliphatic carbocycles. The van der Waals surface area contributed by atoms with E-state index in [-0.39, 0.29) is 17.9 Å². The molecule has 8 nitrogen and oxygen atoms in total. The Morgan fingerprint density at radius 1 is 1.14 bits per heavy atom. The number of hydrogen-bond donors (Lipinski definition) is 3. The molecular formula is C35H45N5O3S. The Kier molecular flexibility index (Phi) is 8.22. The van der Waals surface area contributed by atoms with Gasteiger partial charge in [-0.1, -0.05) is 44.7 Å². The van der Waals surface area contributed by atoms with Crippen LogP contribution in [0.4, 0.5) is 0 Å². The fraction of sp³-hybridized carbons (Fsp3) is 0.486. The summed E-state index contributed by atoms with van der Waals surface area (Å²) >= 11 is 3.80. The summed E-state index contributed by atoms with van der Waals surface area (Å²) in [5, 5.41) is 4.56. The molecule has 1 saturated heterocycles. The first kappa shape index (κ1) is 30.6. The number of benzene rings is 2. The Bertz CT molecular complexity index is 1620. The largest absolute Gasteiger partial charge is 0.497 e. The van der Waals surface area contributed by atoms with Gasteiger partial charge in [0.05, 0.1) is 24.8 Å². The Morgan fingerprint density at radius 2 is 1.86 bits per heavy atom. The Labute approximate surface area is 266 Å². The summed E-state index contributed by atoms with van der Waals surface area (Å²) in [6.07, 6.45) is 6.83. The van der Waals surface area contributed by atoms with Gasteiger partial charge in [-0.25, -0.2) is 0 Å². The Hall–Kier alpha value is -3.43. The van der Waals surface area contributed by atoms with E-state index < -0.39 is 11.3 Å². The number of hydrogen-bond acceptors (Lipinski definition) is 6. The molecule has 0 spiro atoms. The van der Waals surface area contributed by atoms with E-state index in [1.165, 1.54) is 47.0 Å². The summed E-state index contributed by atoms with van der Waals surface area (Å²) in [5.41, 5.74) is 12.6. The first-order chi connectivity index (χ1) is 21.0. The topological polar surface area (TPSA) is 92.8 Å². The minimum absolute atomic E-state index is 0.108. The lowest BCUT2D eigenvalue weighted by Crippen LogP contribution is -2.52. The van der Waals surface area contributed by atoms with Crippen molar-refractivity contribution in [1.29, 1.82) is 0 Å². The molecule has 4 aliphatic rings. The van der Waals surface area contributed by atoms with Crippen molar-refractivity contribution >= 4 is 35.5 Å². The van der Waals surface area contributed by atoms with Gasteiger partial charge in [0.15, 0.2) is 0 Å². The number of carbonyl (C=O) groups is 2. The SMILES string of the molecule is C=C1CN(C(=O)C23CC2c2cc(OC)ccc2-c2c(C4CCCCC4)c4ccc(C(N)=O)cc4n2C3)CC(C)N1.CN(C)S. The zero-order valence-corrected chi connectivity index (χ0v) is 27.3. The molecule has 0 bridgehead atoms. The number of thiol groups is 1.